The van der Waals surface area contributed by atoms with Crippen molar-refractivity contribution in [1.29, 1.82) is 0 Å². The van der Waals surface area contributed by atoms with Crippen molar-refractivity contribution in [2.75, 3.05) is 20.3 Å². The van der Waals surface area contributed by atoms with Crippen LogP contribution in [0.5, 0.6) is 5.75 Å². The van der Waals surface area contributed by atoms with E-state index >= 15 is 0 Å². The van der Waals surface area contributed by atoms with Gasteiger partial charge in [-0.1, -0.05) is 60.7 Å². The lowest BCUT2D eigenvalue weighted by atomic mass is 9.90. The zero-order valence-corrected chi connectivity index (χ0v) is 23.0. The first kappa shape index (κ1) is 28.1. The Morgan fingerprint density at radius 2 is 1.84 bits per heavy atom. The van der Waals surface area contributed by atoms with Gasteiger partial charge in [0, 0.05) is 20.3 Å². The van der Waals surface area contributed by atoms with Gasteiger partial charge in [0.15, 0.2) is 0 Å². The van der Waals surface area contributed by atoms with Gasteiger partial charge in [-0.2, -0.15) is 4.31 Å². The monoisotopic (exact) mass is 539 g/mol. The molecule has 0 aliphatic carbocycles. The summed E-state index contributed by atoms with van der Waals surface area (Å²) in [6, 6.07) is 22.8. The highest BCUT2D eigenvalue weighted by Gasteiger charge is 2.34. The van der Waals surface area contributed by atoms with Crippen LogP contribution in [-0.2, 0) is 27.4 Å². The molecule has 0 aromatic heterocycles. The van der Waals surface area contributed by atoms with Gasteiger partial charge >= 0.3 is 5.97 Å². The molecule has 2 unspecified atom stereocenters. The minimum Gasteiger partial charge on any atom is -0.487 e. The summed E-state index contributed by atoms with van der Waals surface area (Å²) >= 11 is 0. The Kier molecular flexibility index (Phi) is 9.46. The summed E-state index contributed by atoms with van der Waals surface area (Å²) in [6.07, 6.45) is 0.675. The number of ether oxygens (including phenoxy) is 3. The van der Waals surface area contributed by atoms with Crippen molar-refractivity contribution in [3.05, 3.63) is 95.1 Å². The van der Waals surface area contributed by atoms with Gasteiger partial charge in [0.25, 0.3) is 0 Å². The Morgan fingerprint density at radius 1 is 1.11 bits per heavy atom. The molecule has 1 heterocycles. The number of fused-ring (bicyclic) bond motifs is 1. The van der Waals surface area contributed by atoms with Gasteiger partial charge in [-0.25, -0.2) is 0 Å². The third-order valence-corrected chi connectivity index (χ3v) is 8.74. The number of nitrogens with zero attached hydrogens (tertiary/aromatic N) is 1. The normalized spacial score (nSPS) is 18.5. The van der Waals surface area contributed by atoms with Crippen molar-refractivity contribution in [2.24, 2.45) is 0 Å². The van der Waals surface area contributed by atoms with Crippen LogP contribution in [0.25, 0.3) is 0 Å². The second-order valence-electron chi connectivity index (χ2n) is 9.73. The maximum absolute atomic E-state index is 12.8. The minimum atomic E-state index is -3.25. The maximum atomic E-state index is 12.8. The molecule has 0 saturated carbocycles. The zero-order valence-electron chi connectivity index (χ0n) is 22.2. The molecule has 0 amide bonds. The van der Waals surface area contributed by atoms with Gasteiger partial charge in [0.05, 0.1) is 13.0 Å². The van der Waals surface area contributed by atoms with Gasteiger partial charge in [-0.15, -0.1) is 10.8 Å². The number of methoxy groups -OCH3 is 1. The lowest BCUT2D eigenvalue weighted by Crippen LogP contribution is -2.33. The second kappa shape index (κ2) is 12.8. The largest absolute Gasteiger partial charge is 0.487 e. The first-order valence-electron chi connectivity index (χ1n) is 12.8. The molecule has 0 bridgehead atoms. The number of esters is 1. The fraction of sp³-hybridized carbons (Fsp3) is 0.367. The number of para-hydroxylation sites is 1. The topological polar surface area (TPSA) is 88.5 Å². The van der Waals surface area contributed by atoms with Crippen LogP contribution < -0.4 is 4.74 Å². The minimum absolute atomic E-state index is 0.0925. The molecule has 3 aromatic rings. The van der Waals surface area contributed by atoms with E-state index in [0.717, 1.165) is 22.3 Å². The number of hydrogen-bond acceptors (Lipinski definition) is 7. The molecule has 8 heteroatoms. The number of hydrogen-bond donors (Lipinski definition) is 2. The molecular formula is C30H37NO6S. The van der Waals surface area contributed by atoms with Crippen molar-refractivity contribution >= 4 is 16.7 Å². The Hall–Kier alpha value is -2.88. The molecule has 0 saturated heterocycles. The fourth-order valence-corrected chi connectivity index (χ4v) is 6.32. The summed E-state index contributed by atoms with van der Waals surface area (Å²) in [5.74, 6) is 0.146. The van der Waals surface area contributed by atoms with Crippen LogP contribution in [0.15, 0.2) is 77.7 Å². The van der Waals surface area contributed by atoms with Crippen molar-refractivity contribution in [3.8, 4) is 5.75 Å². The Balaban J connectivity index is 1.53. The number of carbonyl (C=O) groups excluding carboxylic acids is 1. The highest BCUT2D eigenvalue weighted by Crippen LogP contribution is 2.57. The molecule has 2 N–H and O–H groups in total. The van der Waals surface area contributed by atoms with E-state index in [1.54, 1.807) is 29.6 Å². The van der Waals surface area contributed by atoms with Crippen molar-refractivity contribution in [2.45, 2.75) is 56.8 Å². The van der Waals surface area contributed by atoms with Gasteiger partial charge in [-0.3, -0.25) is 13.9 Å². The zero-order chi connectivity index (χ0) is 27.1. The number of rotatable bonds is 10. The Bertz CT molecular complexity index is 1220. The van der Waals surface area contributed by atoms with Crippen LogP contribution in [0.3, 0.4) is 0 Å². The lowest BCUT2D eigenvalue weighted by molar-refractivity contribution is -0.145. The van der Waals surface area contributed by atoms with E-state index in [1.807, 2.05) is 62.4 Å². The molecule has 3 aromatic carbocycles. The molecule has 0 fully saturated rings. The summed E-state index contributed by atoms with van der Waals surface area (Å²) in [5.41, 5.74) is 3.94. The fourth-order valence-electron chi connectivity index (χ4n) is 4.66. The molecule has 38 heavy (non-hydrogen) atoms. The quantitative estimate of drug-likeness (QED) is 0.282. The van der Waals surface area contributed by atoms with Crippen molar-refractivity contribution in [1.82, 2.24) is 4.31 Å². The molecule has 1 aliphatic rings. The summed E-state index contributed by atoms with van der Waals surface area (Å²) in [5, 5.41) is 0. The average Bonchev–Trinajstić information content (AvgIpc) is 3.00. The van der Waals surface area contributed by atoms with E-state index < -0.39 is 10.8 Å². The molecule has 4 rings (SSSR count). The molecule has 204 valence electrons. The first-order chi connectivity index (χ1) is 18.3. The predicted octanol–water partition coefficient (Wildman–Crippen LogP) is 6.56. The predicted molar refractivity (Wildman–Crippen MR) is 149 cm³/mol. The number of aryl methyl sites for hydroxylation is 1. The van der Waals surface area contributed by atoms with E-state index in [-0.39, 0.29) is 31.0 Å². The molecule has 0 radical (unpaired) electrons. The average molecular weight is 540 g/mol. The molecule has 0 spiro atoms. The summed E-state index contributed by atoms with van der Waals surface area (Å²) in [6.45, 7) is 5.38. The third-order valence-electron chi connectivity index (χ3n) is 6.81. The van der Waals surface area contributed by atoms with E-state index in [2.05, 4.69) is 6.07 Å². The SMILES string of the molecule is COCCC(CC(=O)OCc1ccccc1)c1ccc(C)c(CN2CC(C)Oc3ccccc3S2(O)O)c1. The highest BCUT2D eigenvalue weighted by atomic mass is 32.3. The molecule has 7 nitrogen and oxygen atoms in total. The van der Waals surface area contributed by atoms with Crippen LogP contribution in [-0.4, -0.2) is 45.7 Å². The first-order valence-corrected chi connectivity index (χ1v) is 14.3. The summed E-state index contributed by atoms with van der Waals surface area (Å²) in [7, 11) is -1.60. The molecule has 1 aliphatic heterocycles. The van der Waals surface area contributed by atoms with Gasteiger partial charge in [0.1, 0.15) is 23.4 Å². The lowest BCUT2D eigenvalue weighted by Gasteiger charge is -2.42. The Morgan fingerprint density at radius 3 is 2.61 bits per heavy atom. The summed E-state index contributed by atoms with van der Waals surface area (Å²) < 4.78 is 41.2. The van der Waals surface area contributed by atoms with E-state index in [0.29, 0.717) is 36.8 Å². The molecular weight excluding hydrogens is 502 g/mol. The van der Waals surface area contributed by atoms with Crippen LogP contribution in [0.4, 0.5) is 0 Å². The highest BCUT2D eigenvalue weighted by molar-refractivity contribution is 8.22. The van der Waals surface area contributed by atoms with E-state index in [9.17, 15) is 13.9 Å². The number of carbonyl (C=O) groups is 1. The maximum Gasteiger partial charge on any atom is 0.306 e. The second-order valence-corrected chi connectivity index (χ2v) is 11.7. The van der Waals surface area contributed by atoms with Crippen LogP contribution in [0.1, 0.15) is 47.9 Å². The number of benzene rings is 3. The van der Waals surface area contributed by atoms with Crippen molar-refractivity contribution in [3.63, 3.8) is 0 Å². The van der Waals surface area contributed by atoms with E-state index in [4.69, 9.17) is 14.2 Å². The van der Waals surface area contributed by atoms with Crippen LogP contribution in [0, 0.1) is 6.92 Å². The standard InChI is InChI=1S/C30H37NO6S/c1-22-13-14-25(26(15-16-35-3)18-30(32)36-21-24-9-5-4-6-10-24)17-27(22)20-31-19-23(2)37-28-11-7-8-12-29(28)38(31,33)34/h4-14,17,23,26,33-34H,15-16,18-21H2,1-3H3. The van der Waals surface area contributed by atoms with Crippen LogP contribution in [0.2, 0.25) is 0 Å². The Labute approximate surface area is 226 Å². The van der Waals surface area contributed by atoms with Crippen LogP contribution >= 0.6 is 10.8 Å². The van der Waals surface area contributed by atoms with Crippen molar-refractivity contribution < 1.29 is 28.1 Å². The van der Waals surface area contributed by atoms with Gasteiger partial charge < -0.3 is 14.2 Å². The van der Waals surface area contributed by atoms with E-state index in [1.165, 1.54) is 0 Å². The van der Waals surface area contributed by atoms with Gasteiger partial charge in [0.2, 0.25) is 0 Å². The summed E-state index contributed by atoms with van der Waals surface area (Å²) in [4.78, 5) is 13.2. The van der Waals surface area contributed by atoms with Gasteiger partial charge in [-0.05, 0) is 60.6 Å². The molecule has 2 atom stereocenters. The smallest absolute Gasteiger partial charge is 0.306 e. The third kappa shape index (κ3) is 6.95.